The van der Waals surface area contributed by atoms with Crippen molar-refractivity contribution < 1.29 is 9.47 Å². The Labute approximate surface area is 171 Å². The molecule has 0 aliphatic rings. The number of hydrogen-bond acceptors (Lipinski definition) is 4. The van der Waals surface area contributed by atoms with Crippen LogP contribution in [-0.4, -0.2) is 44.7 Å². The molecule has 0 aliphatic carbocycles. The summed E-state index contributed by atoms with van der Waals surface area (Å²) in [6.45, 7) is 3.53. The molecule has 2 rings (SSSR count). The molecule has 0 bridgehead atoms. The Morgan fingerprint density at radius 2 is 1.92 bits per heavy atom. The van der Waals surface area contributed by atoms with Crippen molar-refractivity contribution in [3.05, 3.63) is 46.7 Å². The molecule has 1 aromatic carbocycles. The minimum absolute atomic E-state index is 0. The fourth-order valence-electron chi connectivity index (χ4n) is 2.28. The normalized spacial score (nSPS) is 12.1. The van der Waals surface area contributed by atoms with E-state index in [9.17, 15) is 0 Å². The number of hydrogen-bond donors (Lipinski definition) is 1. The van der Waals surface area contributed by atoms with Gasteiger partial charge < -0.3 is 19.7 Å². The minimum atomic E-state index is 0. The lowest BCUT2D eigenvalue weighted by Gasteiger charge is -2.23. The molecule has 1 heterocycles. The molecular formula is C18H26IN3O2S. The average Bonchev–Trinajstić information content (AvgIpc) is 3.09. The Morgan fingerprint density at radius 1 is 1.24 bits per heavy atom. The van der Waals surface area contributed by atoms with Gasteiger partial charge in [-0.2, -0.15) is 11.3 Å². The van der Waals surface area contributed by atoms with Gasteiger partial charge in [-0.1, -0.05) is 0 Å². The highest BCUT2D eigenvalue weighted by Crippen LogP contribution is 2.18. The predicted molar refractivity (Wildman–Crippen MR) is 116 cm³/mol. The molecule has 5 nitrogen and oxygen atoms in total. The quantitative estimate of drug-likeness (QED) is 0.376. The Kier molecular flexibility index (Phi) is 9.66. The summed E-state index contributed by atoms with van der Waals surface area (Å²) >= 11 is 1.71. The van der Waals surface area contributed by atoms with Gasteiger partial charge in [-0.3, -0.25) is 4.99 Å². The van der Waals surface area contributed by atoms with Crippen molar-refractivity contribution in [2.45, 2.75) is 19.6 Å². The summed E-state index contributed by atoms with van der Waals surface area (Å²) in [5.41, 5.74) is 1.29. The highest BCUT2D eigenvalue weighted by Gasteiger charge is 2.10. The zero-order valence-electron chi connectivity index (χ0n) is 15.1. The SMILES string of the molecule is CN=C(NCC(C)Oc1ccc(OC)cc1)N(C)Cc1ccsc1.I. The number of halogens is 1. The molecule has 0 saturated heterocycles. The molecule has 0 saturated carbocycles. The van der Waals surface area contributed by atoms with Crippen LogP contribution in [0.3, 0.4) is 0 Å². The van der Waals surface area contributed by atoms with Crippen LogP contribution < -0.4 is 14.8 Å². The number of rotatable bonds is 7. The summed E-state index contributed by atoms with van der Waals surface area (Å²) < 4.78 is 11.1. The Balaban J connectivity index is 0.00000312. The van der Waals surface area contributed by atoms with Crippen molar-refractivity contribution in [3.63, 3.8) is 0 Å². The lowest BCUT2D eigenvalue weighted by atomic mass is 10.3. The number of aliphatic imine (C=N–C) groups is 1. The molecule has 1 unspecified atom stereocenters. The van der Waals surface area contributed by atoms with Crippen molar-refractivity contribution in [1.82, 2.24) is 10.2 Å². The fraction of sp³-hybridized carbons (Fsp3) is 0.389. The van der Waals surface area contributed by atoms with Crippen LogP contribution in [0.5, 0.6) is 11.5 Å². The molecule has 0 spiro atoms. The zero-order valence-corrected chi connectivity index (χ0v) is 18.2. The zero-order chi connectivity index (χ0) is 17.4. The number of nitrogens with zero attached hydrogens (tertiary/aromatic N) is 2. The van der Waals surface area contributed by atoms with Gasteiger partial charge in [-0.25, -0.2) is 0 Å². The number of thiophene rings is 1. The molecule has 0 fully saturated rings. The van der Waals surface area contributed by atoms with Crippen molar-refractivity contribution >= 4 is 41.3 Å². The molecule has 0 radical (unpaired) electrons. The fourth-order valence-corrected chi connectivity index (χ4v) is 2.94. The molecule has 2 aromatic rings. The predicted octanol–water partition coefficient (Wildman–Crippen LogP) is 3.85. The average molecular weight is 475 g/mol. The number of guanidine groups is 1. The first-order chi connectivity index (χ1) is 11.6. The summed E-state index contributed by atoms with van der Waals surface area (Å²) in [5.74, 6) is 2.50. The molecule has 25 heavy (non-hydrogen) atoms. The van der Waals surface area contributed by atoms with E-state index in [1.54, 1.807) is 25.5 Å². The molecule has 1 N–H and O–H groups in total. The van der Waals surface area contributed by atoms with Crippen molar-refractivity contribution in [3.8, 4) is 11.5 Å². The maximum Gasteiger partial charge on any atom is 0.193 e. The van der Waals surface area contributed by atoms with Gasteiger partial charge in [0.1, 0.15) is 17.6 Å². The van der Waals surface area contributed by atoms with Gasteiger partial charge in [0.15, 0.2) is 5.96 Å². The van der Waals surface area contributed by atoms with Crippen LogP contribution in [0.15, 0.2) is 46.1 Å². The smallest absolute Gasteiger partial charge is 0.193 e. The summed E-state index contributed by atoms with van der Waals surface area (Å²) in [5, 5.41) is 7.59. The Hall–Kier alpha value is -1.48. The van der Waals surface area contributed by atoms with Crippen LogP contribution in [0.25, 0.3) is 0 Å². The van der Waals surface area contributed by atoms with Gasteiger partial charge in [0.05, 0.1) is 13.7 Å². The van der Waals surface area contributed by atoms with Gasteiger partial charge >= 0.3 is 0 Å². The Bertz CT molecular complexity index is 632. The van der Waals surface area contributed by atoms with Crippen LogP contribution >= 0.6 is 35.3 Å². The molecule has 1 aromatic heterocycles. The topological polar surface area (TPSA) is 46.1 Å². The van der Waals surface area contributed by atoms with Crippen molar-refractivity contribution in [2.24, 2.45) is 4.99 Å². The first-order valence-electron chi connectivity index (χ1n) is 7.86. The third-order valence-corrected chi connectivity index (χ3v) is 4.25. The van der Waals surface area contributed by atoms with Crippen LogP contribution in [0.4, 0.5) is 0 Å². The number of methoxy groups -OCH3 is 1. The maximum atomic E-state index is 5.90. The standard InChI is InChI=1S/C18H25N3O2S.HI/c1-14(23-17-7-5-16(22-4)6-8-17)11-20-18(19-2)21(3)12-15-9-10-24-13-15;/h5-10,13-14H,11-12H2,1-4H3,(H,19,20);1H. The second kappa shape index (κ2) is 11.2. The number of ether oxygens (including phenoxy) is 2. The van der Waals surface area contributed by atoms with Gasteiger partial charge in [0, 0.05) is 20.6 Å². The number of nitrogens with one attached hydrogen (secondary N) is 1. The largest absolute Gasteiger partial charge is 0.497 e. The molecule has 138 valence electrons. The first-order valence-corrected chi connectivity index (χ1v) is 8.80. The molecule has 0 amide bonds. The maximum absolute atomic E-state index is 5.90. The summed E-state index contributed by atoms with van der Waals surface area (Å²) in [4.78, 5) is 6.43. The molecule has 1 atom stereocenters. The second-order valence-corrected chi connectivity index (χ2v) is 6.30. The van der Waals surface area contributed by atoms with E-state index in [4.69, 9.17) is 9.47 Å². The summed E-state index contributed by atoms with van der Waals surface area (Å²) in [6.07, 6.45) is 0.0182. The first kappa shape index (κ1) is 21.6. The van der Waals surface area contributed by atoms with E-state index in [-0.39, 0.29) is 30.1 Å². The third kappa shape index (κ3) is 7.11. The highest BCUT2D eigenvalue weighted by molar-refractivity contribution is 14.0. The van der Waals surface area contributed by atoms with Gasteiger partial charge in [-0.15, -0.1) is 24.0 Å². The molecular weight excluding hydrogens is 449 g/mol. The number of benzene rings is 1. The van der Waals surface area contributed by atoms with Crippen LogP contribution in [-0.2, 0) is 6.54 Å². The Morgan fingerprint density at radius 3 is 2.48 bits per heavy atom. The van der Waals surface area contributed by atoms with Crippen LogP contribution in [0.1, 0.15) is 12.5 Å². The van der Waals surface area contributed by atoms with E-state index in [2.05, 4.69) is 32.0 Å². The third-order valence-electron chi connectivity index (χ3n) is 3.52. The lowest BCUT2D eigenvalue weighted by Crippen LogP contribution is -2.42. The molecule has 0 aliphatic heterocycles. The van der Waals surface area contributed by atoms with Crippen molar-refractivity contribution in [2.75, 3.05) is 27.7 Å². The van der Waals surface area contributed by atoms with Gasteiger partial charge in [-0.05, 0) is 53.6 Å². The van der Waals surface area contributed by atoms with E-state index in [1.807, 2.05) is 38.2 Å². The summed E-state index contributed by atoms with van der Waals surface area (Å²) in [7, 11) is 5.48. The summed E-state index contributed by atoms with van der Waals surface area (Å²) in [6, 6.07) is 9.73. The van der Waals surface area contributed by atoms with Crippen LogP contribution in [0, 0.1) is 0 Å². The monoisotopic (exact) mass is 475 g/mol. The highest BCUT2D eigenvalue weighted by atomic mass is 127. The van der Waals surface area contributed by atoms with Crippen LogP contribution in [0.2, 0.25) is 0 Å². The van der Waals surface area contributed by atoms with E-state index in [0.29, 0.717) is 6.54 Å². The van der Waals surface area contributed by atoms with E-state index >= 15 is 0 Å². The second-order valence-electron chi connectivity index (χ2n) is 5.52. The van der Waals surface area contributed by atoms with Gasteiger partial charge in [0.2, 0.25) is 0 Å². The minimum Gasteiger partial charge on any atom is -0.497 e. The van der Waals surface area contributed by atoms with E-state index in [1.165, 1.54) is 5.56 Å². The van der Waals surface area contributed by atoms with Gasteiger partial charge in [0.25, 0.3) is 0 Å². The van der Waals surface area contributed by atoms with E-state index < -0.39 is 0 Å². The van der Waals surface area contributed by atoms with Crippen molar-refractivity contribution in [1.29, 1.82) is 0 Å². The molecule has 7 heteroatoms. The van der Waals surface area contributed by atoms with E-state index in [0.717, 1.165) is 24.0 Å². The lowest BCUT2D eigenvalue weighted by molar-refractivity contribution is 0.222.